The van der Waals surface area contributed by atoms with E-state index in [0.717, 1.165) is 44.4 Å². The summed E-state index contributed by atoms with van der Waals surface area (Å²) in [5, 5.41) is 6.06. The second-order valence-corrected chi connectivity index (χ2v) is 12.7. The van der Waals surface area contributed by atoms with Gasteiger partial charge < -0.3 is 4.57 Å². The standard InChI is InChI=1S/C44H26N4/c1-3-11-27(12-4-1)29-19-21-37-38(26-29)46-44-42(45-37)36-25-30(24-35-33-16-8-10-18-40(33)48(44)43(35)36)28-20-22-41-34(23-28)32-15-7-9-17-39(32)47(41)31-13-5-2-6-14-31/h1-26H. The van der Waals surface area contributed by atoms with Crippen LogP contribution in [0.4, 0.5) is 0 Å². The van der Waals surface area contributed by atoms with Crippen molar-refractivity contribution in [2.45, 2.75) is 0 Å². The van der Waals surface area contributed by atoms with Gasteiger partial charge in [0.15, 0.2) is 5.65 Å². The lowest BCUT2D eigenvalue weighted by Gasteiger charge is -2.08. The number of nitrogens with zero attached hydrogens (tertiary/aromatic N) is 4. The molecule has 0 aliphatic carbocycles. The maximum absolute atomic E-state index is 5.31. The molecule has 7 aromatic carbocycles. The molecule has 0 saturated carbocycles. The summed E-state index contributed by atoms with van der Waals surface area (Å²) in [6.45, 7) is 0. The first-order valence-corrected chi connectivity index (χ1v) is 16.3. The zero-order valence-electron chi connectivity index (χ0n) is 25.8. The van der Waals surface area contributed by atoms with Gasteiger partial charge in [-0.05, 0) is 82.9 Å². The van der Waals surface area contributed by atoms with Crippen LogP contribution in [0, 0.1) is 0 Å². The molecule has 4 heteroatoms. The number of hydrogen-bond donors (Lipinski definition) is 0. The first kappa shape index (κ1) is 25.6. The zero-order valence-corrected chi connectivity index (χ0v) is 25.8. The van der Waals surface area contributed by atoms with Crippen molar-refractivity contribution in [2.24, 2.45) is 0 Å². The predicted molar refractivity (Wildman–Crippen MR) is 199 cm³/mol. The Balaban J connectivity index is 1.19. The van der Waals surface area contributed by atoms with Crippen LogP contribution in [0.1, 0.15) is 0 Å². The quantitative estimate of drug-likeness (QED) is 0.199. The van der Waals surface area contributed by atoms with Crippen LogP contribution in [-0.4, -0.2) is 18.9 Å². The molecule has 0 amide bonds. The monoisotopic (exact) mass is 610 g/mol. The van der Waals surface area contributed by atoms with Gasteiger partial charge in [0, 0.05) is 32.6 Å². The normalized spacial score (nSPS) is 12.2. The van der Waals surface area contributed by atoms with Crippen LogP contribution in [0.3, 0.4) is 0 Å². The molecule has 11 rings (SSSR count). The van der Waals surface area contributed by atoms with Crippen molar-refractivity contribution in [3.63, 3.8) is 0 Å². The molecule has 0 atom stereocenters. The Kier molecular flexibility index (Phi) is 5.08. The van der Waals surface area contributed by atoms with Crippen molar-refractivity contribution >= 4 is 71.2 Å². The highest BCUT2D eigenvalue weighted by Gasteiger charge is 2.22. The van der Waals surface area contributed by atoms with Crippen LogP contribution in [-0.2, 0) is 0 Å². The average Bonchev–Trinajstić information content (AvgIpc) is 3.78. The molecule has 4 nitrogen and oxygen atoms in total. The van der Waals surface area contributed by atoms with E-state index in [1.165, 1.54) is 54.8 Å². The molecule has 11 aromatic rings. The summed E-state index contributed by atoms with van der Waals surface area (Å²) >= 11 is 0. The first-order valence-electron chi connectivity index (χ1n) is 16.3. The Morgan fingerprint density at radius 3 is 1.83 bits per heavy atom. The number of rotatable bonds is 3. The molecule has 0 aliphatic rings. The van der Waals surface area contributed by atoms with Crippen LogP contribution < -0.4 is 0 Å². The highest BCUT2D eigenvalue weighted by Crippen LogP contribution is 2.42. The summed E-state index contributed by atoms with van der Waals surface area (Å²) in [7, 11) is 0. The molecule has 0 aliphatic heterocycles. The van der Waals surface area contributed by atoms with Gasteiger partial charge >= 0.3 is 0 Å². The van der Waals surface area contributed by atoms with E-state index in [2.05, 4.69) is 161 Å². The predicted octanol–water partition coefficient (Wildman–Crippen LogP) is 11.2. The Morgan fingerprint density at radius 2 is 1.00 bits per heavy atom. The molecule has 222 valence electrons. The van der Waals surface area contributed by atoms with Crippen molar-refractivity contribution < 1.29 is 0 Å². The second-order valence-electron chi connectivity index (χ2n) is 12.7. The maximum atomic E-state index is 5.31. The molecular weight excluding hydrogens is 585 g/mol. The van der Waals surface area contributed by atoms with Gasteiger partial charge in [0.1, 0.15) is 5.52 Å². The van der Waals surface area contributed by atoms with E-state index in [1.54, 1.807) is 0 Å². The number of para-hydroxylation sites is 3. The first-order chi connectivity index (χ1) is 23.8. The van der Waals surface area contributed by atoms with Gasteiger partial charge in [-0.3, -0.25) is 4.40 Å². The third-order valence-electron chi connectivity index (χ3n) is 10.0. The summed E-state index contributed by atoms with van der Waals surface area (Å²) < 4.78 is 4.68. The summed E-state index contributed by atoms with van der Waals surface area (Å²) in [6.07, 6.45) is 0. The van der Waals surface area contributed by atoms with Crippen molar-refractivity contribution in [1.29, 1.82) is 0 Å². The SMILES string of the molecule is c1ccc(-c2ccc3nc4c5cc(-c6ccc7c(c6)c6ccccc6n7-c6ccccc6)cc6c7ccccc7n(c4nc3c2)c65)cc1. The summed E-state index contributed by atoms with van der Waals surface area (Å²) in [4.78, 5) is 10.6. The van der Waals surface area contributed by atoms with E-state index in [1.807, 2.05) is 6.07 Å². The Hall–Kier alpha value is -6.52. The number of benzene rings is 7. The van der Waals surface area contributed by atoms with Gasteiger partial charge in [0.05, 0.1) is 33.1 Å². The van der Waals surface area contributed by atoms with E-state index in [9.17, 15) is 0 Å². The fraction of sp³-hybridized carbons (Fsp3) is 0. The van der Waals surface area contributed by atoms with Crippen LogP contribution in [0.2, 0.25) is 0 Å². The van der Waals surface area contributed by atoms with Gasteiger partial charge in [-0.15, -0.1) is 0 Å². The van der Waals surface area contributed by atoms with E-state index in [4.69, 9.17) is 9.97 Å². The molecule has 0 N–H and O–H groups in total. The van der Waals surface area contributed by atoms with Crippen molar-refractivity contribution in [3.8, 4) is 27.9 Å². The van der Waals surface area contributed by atoms with Crippen LogP contribution in [0.5, 0.6) is 0 Å². The van der Waals surface area contributed by atoms with Gasteiger partial charge in [0.2, 0.25) is 0 Å². The smallest absolute Gasteiger partial charge is 0.165 e. The minimum Gasteiger partial charge on any atom is -0.309 e. The molecule has 0 spiro atoms. The van der Waals surface area contributed by atoms with Gasteiger partial charge in [-0.25, -0.2) is 9.97 Å². The largest absolute Gasteiger partial charge is 0.309 e. The zero-order chi connectivity index (χ0) is 31.3. The van der Waals surface area contributed by atoms with Crippen LogP contribution in [0.15, 0.2) is 158 Å². The summed E-state index contributed by atoms with van der Waals surface area (Å²) in [5.74, 6) is 0. The van der Waals surface area contributed by atoms with Crippen LogP contribution >= 0.6 is 0 Å². The van der Waals surface area contributed by atoms with Gasteiger partial charge in [0.25, 0.3) is 0 Å². The molecule has 48 heavy (non-hydrogen) atoms. The van der Waals surface area contributed by atoms with Gasteiger partial charge in [-0.2, -0.15) is 0 Å². The van der Waals surface area contributed by atoms with Crippen LogP contribution in [0.25, 0.3) is 99.1 Å². The highest BCUT2D eigenvalue weighted by atomic mass is 15.0. The minimum atomic E-state index is 0.896. The lowest BCUT2D eigenvalue weighted by Crippen LogP contribution is -1.92. The highest BCUT2D eigenvalue weighted by molar-refractivity contribution is 6.24. The number of fused-ring (bicyclic) bond motifs is 10. The van der Waals surface area contributed by atoms with Crippen molar-refractivity contribution in [2.75, 3.05) is 0 Å². The Bertz CT molecular complexity index is 3040. The third-order valence-corrected chi connectivity index (χ3v) is 10.0. The Morgan fingerprint density at radius 1 is 0.375 bits per heavy atom. The van der Waals surface area contributed by atoms with E-state index >= 15 is 0 Å². The number of aromatic nitrogens is 4. The summed E-state index contributed by atoms with van der Waals surface area (Å²) in [5.41, 5.74) is 14.2. The molecule has 4 aromatic heterocycles. The van der Waals surface area contributed by atoms with Crippen molar-refractivity contribution in [3.05, 3.63) is 158 Å². The average molecular weight is 611 g/mol. The molecule has 0 saturated heterocycles. The fourth-order valence-electron chi connectivity index (χ4n) is 7.86. The molecule has 4 heterocycles. The molecule has 0 radical (unpaired) electrons. The lowest BCUT2D eigenvalue weighted by atomic mass is 9.98. The summed E-state index contributed by atoms with van der Waals surface area (Å²) in [6, 6.07) is 56.5. The lowest BCUT2D eigenvalue weighted by molar-refractivity contribution is 1.18. The number of hydrogen-bond acceptors (Lipinski definition) is 2. The Labute approximate surface area is 275 Å². The van der Waals surface area contributed by atoms with E-state index in [0.29, 0.717) is 0 Å². The van der Waals surface area contributed by atoms with Crippen molar-refractivity contribution in [1.82, 2.24) is 18.9 Å². The molecule has 0 bridgehead atoms. The van der Waals surface area contributed by atoms with Gasteiger partial charge in [-0.1, -0.05) is 97.1 Å². The van der Waals surface area contributed by atoms with E-state index < -0.39 is 0 Å². The molecular formula is C44H26N4. The maximum Gasteiger partial charge on any atom is 0.165 e. The fourth-order valence-corrected chi connectivity index (χ4v) is 7.86. The minimum absolute atomic E-state index is 0.896. The molecule has 0 fully saturated rings. The second kappa shape index (κ2) is 9.50. The molecule has 0 unspecified atom stereocenters. The topological polar surface area (TPSA) is 35.1 Å². The van der Waals surface area contributed by atoms with E-state index in [-0.39, 0.29) is 0 Å². The third kappa shape index (κ3) is 3.49.